The number of benzene rings is 2. The number of aryl methyl sites for hydroxylation is 1. The normalized spacial score (nSPS) is 16.7. The number of rotatable bonds is 6. The number of hydrogen-bond acceptors (Lipinski definition) is 5. The van der Waals surface area contributed by atoms with Gasteiger partial charge in [0, 0.05) is 25.2 Å². The van der Waals surface area contributed by atoms with Crippen LogP contribution in [0.5, 0.6) is 0 Å². The number of carbonyl (C=O) groups is 1. The lowest BCUT2D eigenvalue weighted by Crippen LogP contribution is -2.51. The van der Waals surface area contributed by atoms with Crippen molar-refractivity contribution in [3.63, 3.8) is 0 Å². The van der Waals surface area contributed by atoms with E-state index in [1.165, 1.54) is 16.4 Å². The number of non-ortho nitro benzene ring substituents is 1. The standard InChI is InChI=1S/C21H25N3O5S/c1-3-30(28,29)23-13-11-21(12-14-23,17-7-5-4-6-8-17)20(25)22-19-15-18(24(26)27)10-9-16(19)2/h4-10,15H,3,11-14H2,1-2H3,(H,22,25). The van der Waals surface area contributed by atoms with Gasteiger partial charge in [0.1, 0.15) is 0 Å². The molecule has 1 aliphatic heterocycles. The van der Waals surface area contributed by atoms with Gasteiger partial charge in [-0.15, -0.1) is 0 Å². The van der Waals surface area contributed by atoms with E-state index in [0.29, 0.717) is 24.1 Å². The van der Waals surface area contributed by atoms with Crippen LogP contribution in [0.4, 0.5) is 11.4 Å². The molecule has 9 heteroatoms. The SMILES string of the molecule is CCS(=O)(=O)N1CCC(C(=O)Nc2cc([N+](=O)[O-])ccc2C)(c2ccccc2)CC1. The molecule has 1 N–H and O–H groups in total. The summed E-state index contributed by atoms with van der Waals surface area (Å²) in [4.78, 5) is 24.1. The zero-order valence-electron chi connectivity index (χ0n) is 17.0. The largest absolute Gasteiger partial charge is 0.325 e. The van der Waals surface area contributed by atoms with Crippen molar-refractivity contribution in [2.45, 2.75) is 32.1 Å². The Morgan fingerprint density at radius 1 is 1.17 bits per heavy atom. The third kappa shape index (κ3) is 4.22. The molecular formula is C21H25N3O5S. The summed E-state index contributed by atoms with van der Waals surface area (Å²) < 4.78 is 26.0. The highest BCUT2D eigenvalue weighted by Gasteiger charge is 2.44. The Bertz CT molecular complexity index is 1050. The molecule has 0 aromatic heterocycles. The quantitative estimate of drug-likeness (QED) is 0.558. The van der Waals surface area contributed by atoms with Crippen LogP contribution in [0.2, 0.25) is 0 Å². The number of amides is 1. The Balaban J connectivity index is 1.94. The second-order valence-electron chi connectivity index (χ2n) is 7.46. The van der Waals surface area contributed by atoms with E-state index in [1.807, 2.05) is 30.3 Å². The topological polar surface area (TPSA) is 110 Å². The first-order chi connectivity index (χ1) is 14.2. The van der Waals surface area contributed by atoms with E-state index in [1.54, 1.807) is 19.9 Å². The zero-order chi connectivity index (χ0) is 21.9. The van der Waals surface area contributed by atoms with Gasteiger partial charge in [0.15, 0.2) is 0 Å². The van der Waals surface area contributed by atoms with Crippen molar-refractivity contribution >= 4 is 27.3 Å². The van der Waals surface area contributed by atoms with Gasteiger partial charge in [0.2, 0.25) is 15.9 Å². The molecule has 0 atom stereocenters. The maximum absolute atomic E-state index is 13.5. The number of carbonyl (C=O) groups excluding carboxylic acids is 1. The lowest BCUT2D eigenvalue weighted by Gasteiger charge is -2.40. The predicted molar refractivity (Wildman–Crippen MR) is 115 cm³/mol. The summed E-state index contributed by atoms with van der Waals surface area (Å²) >= 11 is 0. The lowest BCUT2D eigenvalue weighted by atomic mass is 9.72. The van der Waals surface area contributed by atoms with Crippen LogP contribution in [0.1, 0.15) is 30.9 Å². The fourth-order valence-electron chi connectivity index (χ4n) is 3.83. The molecule has 8 nitrogen and oxygen atoms in total. The van der Waals surface area contributed by atoms with Crippen LogP contribution in [0, 0.1) is 17.0 Å². The van der Waals surface area contributed by atoms with E-state index < -0.39 is 20.4 Å². The average Bonchev–Trinajstić information content (AvgIpc) is 2.75. The summed E-state index contributed by atoms with van der Waals surface area (Å²) in [6, 6.07) is 13.6. The van der Waals surface area contributed by atoms with Gasteiger partial charge in [0.25, 0.3) is 5.69 Å². The van der Waals surface area contributed by atoms with E-state index in [4.69, 9.17) is 0 Å². The number of sulfonamides is 1. The summed E-state index contributed by atoms with van der Waals surface area (Å²) in [5.74, 6) is -0.268. The molecule has 1 fully saturated rings. The van der Waals surface area contributed by atoms with E-state index in [9.17, 15) is 23.3 Å². The predicted octanol–water partition coefficient (Wildman–Crippen LogP) is 3.23. The van der Waals surface area contributed by atoms with Crippen LogP contribution in [0.3, 0.4) is 0 Å². The van der Waals surface area contributed by atoms with Crippen LogP contribution < -0.4 is 5.32 Å². The van der Waals surface area contributed by atoms with Crippen molar-refractivity contribution in [2.75, 3.05) is 24.2 Å². The summed E-state index contributed by atoms with van der Waals surface area (Å²) in [7, 11) is -3.33. The third-order valence-corrected chi connectivity index (χ3v) is 7.66. The molecule has 1 amide bonds. The fourth-order valence-corrected chi connectivity index (χ4v) is 4.94. The third-order valence-electron chi connectivity index (χ3n) is 5.78. The summed E-state index contributed by atoms with van der Waals surface area (Å²) in [5.41, 5.74) is 0.877. The first-order valence-corrected chi connectivity index (χ1v) is 11.4. The molecule has 2 aromatic carbocycles. The molecule has 1 heterocycles. The number of nitrogens with one attached hydrogen (secondary N) is 1. The minimum Gasteiger partial charge on any atom is -0.325 e. The van der Waals surface area contributed by atoms with Crippen molar-refractivity contribution < 1.29 is 18.1 Å². The molecule has 30 heavy (non-hydrogen) atoms. The molecule has 0 spiro atoms. The van der Waals surface area contributed by atoms with Gasteiger partial charge in [0.05, 0.1) is 21.8 Å². The number of anilines is 1. The molecule has 0 radical (unpaired) electrons. The van der Waals surface area contributed by atoms with Crippen molar-refractivity contribution in [3.05, 3.63) is 69.8 Å². The van der Waals surface area contributed by atoms with Crippen molar-refractivity contribution in [1.82, 2.24) is 4.31 Å². The molecule has 0 unspecified atom stereocenters. The van der Waals surface area contributed by atoms with Crippen molar-refractivity contribution in [2.24, 2.45) is 0 Å². The first kappa shape index (κ1) is 21.9. The molecule has 0 bridgehead atoms. The highest BCUT2D eigenvalue weighted by molar-refractivity contribution is 7.89. The number of nitro benzene ring substituents is 1. The van der Waals surface area contributed by atoms with Gasteiger partial charge in [-0.25, -0.2) is 12.7 Å². The van der Waals surface area contributed by atoms with Gasteiger partial charge >= 0.3 is 0 Å². The summed E-state index contributed by atoms with van der Waals surface area (Å²) in [6.45, 7) is 3.86. The van der Waals surface area contributed by atoms with Crippen molar-refractivity contribution in [3.8, 4) is 0 Å². The fraction of sp³-hybridized carbons (Fsp3) is 0.381. The molecular weight excluding hydrogens is 406 g/mol. The average molecular weight is 432 g/mol. The monoisotopic (exact) mass is 431 g/mol. The smallest absolute Gasteiger partial charge is 0.271 e. The van der Waals surface area contributed by atoms with Gasteiger partial charge < -0.3 is 5.32 Å². The molecule has 160 valence electrons. The van der Waals surface area contributed by atoms with E-state index in [-0.39, 0.29) is 30.4 Å². The van der Waals surface area contributed by atoms with Crippen LogP contribution in [-0.2, 0) is 20.2 Å². The number of piperidine rings is 1. The molecule has 1 aliphatic rings. The second-order valence-corrected chi connectivity index (χ2v) is 9.72. The van der Waals surface area contributed by atoms with E-state index in [0.717, 1.165) is 5.56 Å². The maximum atomic E-state index is 13.5. The number of nitrogens with zero attached hydrogens (tertiary/aromatic N) is 2. The number of nitro groups is 1. The molecule has 0 aliphatic carbocycles. The molecule has 2 aromatic rings. The lowest BCUT2D eigenvalue weighted by molar-refractivity contribution is -0.384. The first-order valence-electron chi connectivity index (χ1n) is 9.79. The van der Waals surface area contributed by atoms with Crippen LogP contribution in [0.25, 0.3) is 0 Å². The summed E-state index contributed by atoms with van der Waals surface area (Å²) in [6.07, 6.45) is 0.659. The van der Waals surface area contributed by atoms with Gasteiger partial charge in [-0.1, -0.05) is 36.4 Å². The molecule has 3 rings (SSSR count). The molecule has 0 saturated carbocycles. The Kier molecular flexibility index (Phi) is 6.23. The van der Waals surface area contributed by atoms with Gasteiger partial charge in [-0.05, 0) is 37.8 Å². The number of hydrogen-bond donors (Lipinski definition) is 1. The minimum absolute atomic E-state index is 0.0183. The highest BCUT2D eigenvalue weighted by atomic mass is 32.2. The molecule has 1 saturated heterocycles. The second kappa shape index (κ2) is 8.53. The van der Waals surface area contributed by atoms with E-state index >= 15 is 0 Å². The minimum atomic E-state index is -3.33. The van der Waals surface area contributed by atoms with Gasteiger partial charge in [-0.2, -0.15) is 0 Å². The Morgan fingerprint density at radius 3 is 2.37 bits per heavy atom. The van der Waals surface area contributed by atoms with Crippen LogP contribution in [0.15, 0.2) is 48.5 Å². The maximum Gasteiger partial charge on any atom is 0.271 e. The van der Waals surface area contributed by atoms with Crippen LogP contribution in [-0.4, -0.2) is 42.4 Å². The Hall–Kier alpha value is -2.78. The van der Waals surface area contributed by atoms with Gasteiger partial charge in [-0.3, -0.25) is 14.9 Å². The Morgan fingerprint density at radius 2 is 1.80 bits per heavy atom. The zero-order valence-corrected chi connectivity index (χ0v) is 17.8. The van der Waals surface area contributed by atoms with Crippen LogP contribution >= 0.6 is 0 Å². The highest BCUT2D eigenvalue weighted by Crippen LogP contribution is 2.38. The van der Waals surface area contributed by atoms with Crippen molar-refractivity contribution in [1.29, 1.82) is 0 Å². The Labute approximate surface area is 176 Å². The van der Waals surface area contributed by atoms with E-state index in [2.05, 4.69) is 5.32 Å². The summed E-state index contributed by atoms with van der Waals surface area (Å²) in [5, 5.41) is 14.0.